The third-order valence-electron chi connectivity index (χ3n) is 4.22. The number of hydrogen-bond acceptors (Lipinski definition) is 10. The van der Waals surface area contributed by atoms with E-state index in [1.54, 1.807) is 11.8 Å². The van der Waals surface area contributed by atoms with Crippen LogP contribution in [0.4, 0.5) is 17.4 Å². The van der Waals surface area contributed by atoms with Crippen molar-refractivity contribution in [2.45, 2.75) is 11.9 Å². The lowest BCUT2D eigenvalue weighted by Gasteiger charge is -2.34. The van der Waals surface area contributed by atoms with Crippen LogP contribution >= 0.6 is 11.8 Å². The Hall–Kier alpha value is -3.44. The summed E-state index contributed by atoms with van der Waals surface area (Å²) in [7, 11) is 0. The first-order valence-corrected chi connectivity index (χ1v) is 9.40. The van der Waals surface area contributed by atoms with Gasteiger partial charge in [0.25, 0.3) is 0 Å². The monoisotopic (exact) mass is 398 g/mol. The van der Waals surface area contributed by atoms with Crippen LogP contribution in [0.5, 0.6) is 0 Å². The number of anilines is 3. The summed E-state index contributed by atoms with van der Waals surface area (Å²) in [4.78, 5) is 24.3. The lowest BCUT2D eigenvalue weighted by Crippen LogP contribution is -2.49. The molecule has 2 aromatic rings. The van der Waals surface area contributed by atoms with Crippen LogP contribution in [0.15, 0.2) is 15.5 Å². The number of aromatic nitrogens is 2. The quantitative estimate of drug-likeness (QED) is 0.702. The van der Waals surface area contributed by atoms with Crippen molar-refractivity contribution in [3.63, 3.8) is 0 Å². The van der Waals surface area contributed by atoms with Gasteiger partial charge in [-0.15, -0.1) is 0 Å². The lowest BCUT2D eigenvalue weighted by molar-refractivity contribution is -0.128. The van der Waals surface area contributed by atoms with E-state index in [0.717, 1.165) is 11.8 Å². The fourth-order valence-corrected chi connectivity index (χ4v) is 3.78. The van der Waals surface area contributed by atoms with Gasteiger partial charge < -0.3 is 25.7 Å². The zero-order valence-corrected chi connectivity index (χ0v) is 16.0. The third kappa shape index (κ3) is 3.94. The fraction of sp³-hybridized carbons (Fsp3) is 0.353. The summed E-state index contributed by atoms with van der Waals surface area (Å²) in [5.74, 6) is 1.12. The Labute approximate surface area is 165 Å². The molecule has 1 fully saturated rings. The molecule has 10 nitrogen and oxygen atoms in total. The summed E-state index contributed by atoms with van der Waals surface area (Å²) < 4.78 is 5.52. The van der Waals surface area contributed by atoms with Crippen LogP contribution < -0.4 is 16.4 Å². The Balaban J connectivity index is 1.59. The maximum atomic E-state index is 12.5. The maximum absolute atomic E-state index is 12.5. The van der Waals surface area contributed by atoms with Crippen LogP contribution in [0, 0.1) is 29.6 Å². The van der Waals surface area contributed by atoms with Crippen LogP contribution in [0.1, 0.15) is 17.1 Å². The second kappa shape index (κ2) is 8.06. The van der Waals surface area contributed by atoms with Gasteiger partial charge in [-0.2, -0.15) is 10.5 Å². The van der Waals surface area contributed by atoms with Gasteiger partial charge in [0, 0.05) is 39.2 Å². The first-order chi connectivity index (χ1) is 13.4. The van der Waals surface area contributed by atoms with Crippen molar-refractivity contribution < 1.29 is 9.21 Å². The van der Waals surface area contributed by atoms with Crippen LogP contribution in [-0.4, -0.2) is 52.7 Å². The minimum Gasteiger partial charge on any atom is -0.424 e. The van der Waals surface area contributed by atoms with Crippen LogP contribution in [-0.2, 0) is 4.79 Å². The third-order valence-corrected chi connectivity index (χ3v) is 5.18. The highest BCUT2D eigenvalue weighted by Gasteiger charge is 2.26. The van der Waals surface area contributed by atoms with E-state index in [2.05, 4.69) is 9.97 Å². The Morgan fingerprint density at radius 1 is 1.25 bits per heavy atom. The van der Waals surface area contributed by atoms with E-state index in [1.807, 2.05) is 17.0 Å². The first-order valence-electron chi connectivity index (χ1n) is 8.42. The molecule has 1 saturated heterocycles. The fourth-order valence-electron chi connectivity index (χ4n) is 2.86. The molecule has 1 amide bonds. The molecule has 144 valence electrons. The number of carbonyl (C=O) groups excluding carboxylic acids is 1. The van der Waals surface area contributed by atoms with Crippen LogP contribution in [0.2, 0.25) is 0 Å². The van der Waals surface area contributed by atoms with Gasteiger partial charge in [-0.25, -0.2) is 9.97 Å². The molecule has 0 spiro atoms. The predicted octanol–water partition coefficient (Wildman–Crippen LogP) is 0.727. The molecule has 0 radical (unpaired) electrons. The van der Waals surface area contributed by atoms with E-state index >= 15 is 0 Å². The number of aryl methyl sites for hydroxylation is 1. The van der Waals surface area contributed by atoms with Crippen molar-refractivity contribution in [1.29, 1.82) is 10.5 Å². The van der Waals surface area contributed by atoms with E-state index in [9.17, 15) is 10.1 Å². The van der Waals surface area contributed by atoms with E-state index in [-0.39, 0.29) is 34.4 Å². The minimum absolute atomic E-state index is 0.0782. The van der Waals surface area contributed by atoms with Gasteiger partial charge in [0.15, 0.2) is 5.89 Å². The van der Waals surface area contributed by atoms with Crippen molar-refractivity contribution in [2.75, 3.05) is 48.3 Å². The molecule has 2 aromatic heterocycles. The molecule has 0 saturated carbocycles. The molecule has 4 N–H and O–H groups in total. The Morgan fingerprint density at radius 2 is 1.96 bits per heavy atom. The van der Waals surface area contributed by atoms with E-state index in [4.69, 9.17) is 21.1 Å². The largest absolute Gasteiger partial charge is 0.424 e. The smallest absolute Gasteiger partial charge is 0.234 e. The number of nitrogens with two attached hydrogens (primary N) is 2. The summed E-state index contributed by atoms with van der Waals surface area (Å²) >= 11 is 1.14. The van der Waals surface area contributed by atoms with Crippen molar-refractivity contribution in [3.8, 4) is 12.1 Å². The molecule has 1 aliphatic heterocycles. The number of piperazine rings is 1. The summed E-state index contributed by atoms with van der Waals surface area (Å²) in [5.41, 5.74) is 12.2. The van der Waals surface area contributed by atoms with Gasteiger partial charge >= 0.3 is 0 Å². The van der Waals surface area contributed by atoms with E-state index in [0.29, 0.717) is 43.0 Å². The van der Waals surface area contributed by atoms with Gasteiger partial charge in [0.05, 0.1) is 11.4 Å². The maximum Gasteiger partial charge on any atom is 0.234 e. The average Bonchev–Trinajstić information content (AvgIpc) is 3.06. The topological polar surface area (TPSA) is 162 Å². The van der Waals surface area contributed by atoms with E-state index in [1.165, 1.54) is 6.07 Å². The number of nitrogen functional groups attached to an aromatic ring is 2. The van der Waals surface area contributed by atoms with Crippen LogP contribution in [0.3, 0.4) is 0 Å². The van der Waals surface area contributed by atoms with Gasteiger partial charge in [-0.3, -0.25) is 4.79 Å². The number of oxazole rings is 1. The van der Waals surface area contributed by atoms with Gasteiger partial charge in [-0.05, 0) is 0 Å². The second-order valence-corrected chi connectivity index (χ2v) is 7.05. The zero-order valence-electron chi connectivity index (χ0n) is 15.2. The molecule has 1 aliphatic rings. The molecule has 0 aliphatic carbocycles. The number of pyridine rings is 1. The number of rotatable bonds is 4. The Morgan fingerprint density at radius 3 is 2.61 bits per heavy atom. The molecule has 3 rings (SSSR count). The summed E-state index contributed by atoms with van der Waals surface area (Å²) in [6.07, 6.45) is 0. The molecule has 0 bridgehead atoms. The molecule has 0 atom stereocenters. The number of amides is 1. The molecular weight excluding hydrogens is 380 g/mol. The van der Waals surface area contributed by atoms with Gasteiger partial charge in [0.1, 0.15) is 28.5 Å². The SMILES string of the molecule is Cc1nc(C#N)c(N2CCN(C(=O)CSc3nc(N)cc(N)c3C#N)CC2)o1. The van der Waals surface area contributed by atoms with Crippen LogP contribution in [0.25, 0.3) is 0 Å². The second-order valence-electron chi connectivity index (χ2n) is 6.08. The first kappa shape index (κ1) is 19.3. The Kier molecular flexibility index (Phi) is 5.57. The lowest BCUT2D eigenvalue weighted by atomic mass is 10.2. The highest BCUT2D eigenvalue weighted by Crippen LogP contribution is 2.27. The summed E-state index contributed by atoms with van der Waals surface area (Å²) in [6.45, 7) is 3.73. The van der Waals surface area contributed by atoms with Crippen molar-refractivity contribution in [3.05, 3.63) is 23.2 Å². The molecular formula is C17H18N8O2S. The van der Waals surface area contributed by atoms with E-state index < -0.39 is 0 Å². The van der Waals surface area contributed by atoms with Gasteiger partial charge in [-0.1, -0.05) is 11.8 Å². The highest BCUT2D eigenvalue weighted by atomic mass is 32.2. The highest BCUT2D eigenvalue weighted by molar-refractivity contribution is 8.00. The zero-order chi connectivity index (χ0) is 20.3. The molecule has 0 aromatic carbocycles. The Bertz CT molecular complexity index is 982. The molecule has 28 heavy (non-hydrogen) atoms. The number of thioether (sulfide) groups is 1. The average molecular weight is 398 g/mol. The van der Waals surface area contributed by atoms with Gasteiger partial charge in [0.2, 0.25) is 17.5 Å². The number of carbonyl (C=O) groups is 1. The summed E-state index contributed by atoms with van der Waals surface area (Å²) in [6, 6.07) is 5.44. The number of nitrogens with zero attached hydrogens (tertiary/aromatic N) is 6. The minimum atomic E-state index is -0.0782. The molecule has 11 heteroatoms. The molecule has 0 unspecified atom stereocenters. The standard InChI is InChI=1S/C17H18N8O2S/c1-10-22-13(8-19)17(27-10)25-4-2-24(3-5-25)15(26)9-28-16-11(7-18)12(20)6-14(21)23-16/h6H,2-5,9H2,1H3,(H4,20,21,23). The van der Waals surface area contributed by atoms with Crippen molar-refractivity contribution in [2.24, 2.45) is 0 Å². The normalized spacial score (nSPS) is 13.8. The number of hydrogen-bond donors (Lipinski definition) is 2. The summed E-state index contributed by atoms with van der Waals surface area (Å²) in [5, 5.41) is 18.7. The predicted molar refractivity (Wildman–Crippen MR) is 103 cm³/mol. The number of nitriles is 2. The van der Waals surface area contributed by atoms with Crippen molar-refractivity contribution >= 4 is 35.1 Å². The molecule has 3 heterocycles. The van der Waals surface area contributed by atoms with Crippen molar-refractivity contribution in [1.82, 2.24) is 14.9 Å².